The minimum atomic E-state index is 0.570. The Morgan fingerprint density at radius 2 is 1.36 bits per heavy atom. The Bertz CT molecular complexity index is 101. The summed E-state index contributed by atoms with van der Waals surface area (Å²) in [6.45, 7) is 4.64. The quantitative estimate of drug-likeness (QED) is 0.501. The lowest BCUT2D eigenvalue weighted by Gasteiger charge is -2.29. The van der Waals surface area contributed by atoms with Gasteiger partial charge in [-0.15, -0.1) is 0 Å². The van der Waals surface area contributed by atoms with Gasteiger partial charge in [0, 0.05) is 0 Å². The lowest BCUT2D eigenvalue weighted by molar-refractivity contribution is 0.417. The maximum Gasteiger partial charge on any atom is 0.114 e. The summed E-state index contributed by atoms with van der Waals surface area (Å²) in [5, 5.41) is 0.570. The monoisotopic (exact) mass is 151 g/mol. The molecule has 1 fully saturated rings. The third-order valence-corrected chi connectivity index (χ3v) is 3.19. The van der Waals surface area contributed by atoms with Crippen molar-refractivity contribution in [1.29, 1.82) is 0 Å². The molecular weight excluding hydrogens is 131 g/mol. The van der Waals surface area contributed by atoms with Crippen molar-refractivity contribution in [2.24, 2.45) is 0 Å². The van der Waals surface area contributed by atoms with E-state index in [1.807, 2.05) is 0 Å². The van der Waals surface area contributed by atoms with E-state index in [1.54, 1.807) is 0 Å². The molecule has 0 spiro atoms. The van der Waals surface area contributed by atoms with Crippen LogP contribution in [-0.4, -0.2) is 7.28 Å². The Hall–Kier alpha value is 0.0649. The fourth-order valence-electron chi connectivity index (χ4n) is 2.00. The van der Waals surface area contributed by atoms with Gasteiger partial charge in [-0.3, -0.25) is 0 Å². The molecule has 0 aromatic heterocycles. The van der Waals surface area contributed by atoms with E-state index in [0.717, 1.165) is 0 Å². The first kappa shape index (κ1) is 9.16. The summed E-state index contributed by atoms with van der Waals surface area (Å²) in [5.74, 6) is 0. The van der Waals surface area contributed by atoms with Crippen LogP contribution < -0.4 is 0 Å². The Morgan fingerprint density at radius 1 is 0.909 bits per heavy atom. The summed E-state index contributed by atoms with van der Waals surface area (Å²) >= 11 is 0. The van der Waals surface area contributed by atoms with Gasteiger partial charge in [0.2, 0.25) is 0 Å². The number of hydrogen-bond acceptors (Lipinski definition) is 0. The van der Waals surface area contributed by atoms with Crippen LogP contribution in [0.4, 0.5) is 0 Å². The molecule has 1 aliphatic carbocycles. The lowest BCUT2D eigenvalue weighted by atomic mass is 9.51. The second-order valence-corrected chi connectivity index (χ2v) is 4.21. The van der Waals surface area contributed by atoms with Crippen molar-refractivity contribution in [2.75, 3.05) is 0 Å². The summed E-state index contributed by atoms with van der Waals surface area (Å²) in [5.41, 5.74) is 0. The van der Waals surface area contributed by atoms with Gasteiger partial charge in [0.05, 0.1) is 0 Å². The second-order valence-electron chi connectivity index (χ2n) is 4.21. The van der Waals surface area contributed by atoms with E-state index in [9.17, 15) is 0 Å². The minimum Gasteiger partial charge on any atom is -0.0914 e. The van der Waals surface area contributed by atoms with Crippen LogP contribution >= 0.6 is 0 Å². The highest BCUT2D eigenvalue weighted by Crippen LogP contribution is 2.38. The molecule has 0 unspecified atom stereocenters. The van der Waals surface area contributed by atoms with Crippen molar-refractivity contribution in [3.8, 4) is 0 Å². The topological polar surface area (TPSA) is 0 Å². The molecule has 0 nitrogen and oxygen atoms in total. The molecule has 1 heteroatoms. The zero-order chi connectivity index (χ0) is 8.16. The molecule has 0 aromatic rings. The molecule has 0 aromatic carbocycles. The summed E-state index contributed by atoms with van der Waals surface area (Å²) in [4.78, 5) is 0. The summed E-state index contributed by atoms with van der Waals surface area (Å²) in [6.07, 6.45) is 10.1. The van der Waals surface area contributed by atoms with Crippen molar-refractivity contribution in [3.05, 3.63) is 0 Å². The highest BCUT2D eigenvalue weighted by molar-refractivity contribution is 6.38. The molecule has 11 heavy (non-hydrogen) atoms. The zero-order valence-corrected chi connectivity index (χ0v) is 8.03. The lowest BCUT2D eigenvalue weighted by Crippen LogP contribution is -2.15. The van der Waals surface area contributed by atoms with Gasteiger partial charge in [-0.25, -0.2) is 0 Å². The van der Waals surface area contributed by atoms with E-state index in [0.29, 0.717) is 5.31 Å². The molecule has 0 aliphatic heterocycles. The predicted octanol–water partition coefficient (Wildman–Crippen LogP) is 3.66. The standard InChI is InChI=1S/C10H20B/c1-10(11-2)8-6-4-3-5-7-9-10/h3-9H2,1-2H3. The molecule has 1 aliphatic rings. The van der Waals surface area contributed by atoms with Crippen LogP contribution in [0.5, 0.6) is 0 Å². The maximum absolute atomic E-state index is 2.42. The van der Waals surface area contributed by atoms with E-state index >= 15 is 0 Å². The summed E-state index contributed by atoms with van der Waals surface area (Å²) in [7, 11) is 2.42. The zero-order valence-electron chi connectivity index (χ0n) is 8.03. The normalized spacial score (nSPS) is 25.3. The van der Waals surface area contributed by atoms with Gasteiger partial charge in [0.15, 0.2) is 0 Å². The Kier molecular flexibility index (Phi) is 3.48. The van der Waals surface area contributed by atoms with Gasteiger partial charge in [-0.1, -0.05) is 64.0 Å². The first-order chi connectivity index (χ1) is 5.27. The fourth-order valence-corrected chi connectivity index (χ4v) is 2.00. The van der Waals surface area contributed by atoms with Crippen molar-refractivity contribution >= 4 is 7.28 Å². The highest BCUT2D eigenvalue weighted by Gasteiger charge is 2.22. The molecule has 1 rings (SSSR count). The minimum absolute atomic E-state index is 0.570. The van der Waals surface area contributed by atoms with Crippen LogP contribution in [0, 0.1) is 0 Å². The van der Waals surface area contributed by atoms with Gasteiger partial charge in [-0.2, -0.15) is 0 Å². The van der Waals surface area contributed by atoms with Crippen LogP contribution in [0.1, 0.15) is 51.9 Å². The van der Waals surface area contributed by atoms with E-state index < -0.39 is 0 Å². The molecule has 0 bridgehead atoms. The van der Waals surface area contributed by atoms with Crippen LogP contribution in [0.2, 0.25) is 12.1 Å². The molecule has 0 heterocycles. The molecule has 0 saturated heterocycles. The average Bonchev–Trinajstić information content (AvgIpc) is 1.98. The molecule has 1 saturated carbocycles. The van der Waals surface area contributed by atoms with Gasteiger partial charge in [-0.05, 0) is 0 Å². The van der Waals surface area contributed by atoms with Gasteiger partial charge in [0.1, 0.15) is 7.28 Å². The van der Waals surface area contributed by atoms with Crippen LogP contribution in [0.15, 0.2) is 0 Å². The number of hydrogen-bond donors (Lipinski definition) is 0. The molecule has 0 amide bonds. The van der Waals surface area contributed by atoms with Crippen molar-refractivity contribution in [1.82, 2.24) is 0 Å². The molecule has 0 N–H and O–H groups in total. The fraction of sp³-hybridized carbons (Fsp3) is 1.00. The molecule has 0 atom stereocenters. The average molecular weight is 151 g/mol. The Morgan fingerprint density at radius 3 is 1.82 bits per heavy atom. The number of rotatable bonds is 1. The Balaban J connectivity index is 2.37. The van der Waals surface area contributed by atoms with Crippen molar-refractivity contribution < 1.29 is 0 Å². The molecular formula is C10H20B. The van der Waals surface area contributed by atoms with E-state index in [1.165, 1.54) is 44.9 Å². The second kappa shape index (κ2) is 4.18. The van der Waals surface area contributed by atoms with E-state index in [2.05, 4.69) is 21.0 Å². The maximum atomic E-state index is 2.42. The van der Waals surface area contributed by atoms with Crippen molar-refractivity contribution in [3.63, 3.8) is 0 Å². The SMILES string of the molecule is C[B]C1(C)CCCCCCC1. The first-order valence-corrected chi connectivity index (χ1v) is 5.07. The molecule has 63 valence electrons. The largest absolute Gasteiger partial charge is 0.114 e. The van der Waals surface area contributed by atoms with Crippen LogP contribution in [0.25, 0.3) is 0 Å². The van der Waals surface area contributed by atoms with Gasteiger partial charge < -0.3 is 0 Å². The van der Waals surface area contributed by atoms with Gasteiger partial charge >= 0.3 is 0 Å². The van der Waals surface area contributed by atoms with Crippen molar-refractivity contribution in [2.45, 2.75) is 64.0 Å². The van der Waals surface area contributed by atoms with Gasteiger partial charge in [0.25, 0.3) is 0 Å². The Labute approximate surface area is 72.0 Å². The first-order valence-electron chi connectivity index (χ1n) is 5.07. The summed E-state index contributed by atoms with van der Waals surface area (Å²) < 4.78 is 0. The van der Waals surface area contributed by atoms with Crippen LogP contribution in [0.3, 0.4) is 0 Å². The molecule has 1 radical (unpaired) electrons. The van der Waals surface area contributed by atoms with E-state index in [4.69, 9.17) is 0 Å². The summed E-state index contributed by atoms with van der Waals surface area (Å²) in [6, 6.07) is 0. The van der Waals surface area contributed by atoms with E-state index in [-0.39, 0.29) is 0 Å². The third kappa shape index (κ3) is 2.88. The highest BCUT2D eigenvalue weighted by atomic mass is 14.2. The predicted molar refractivity (Wildman–Crippen MR) is 52.3 cm³/mol. The third-order valence-electron chi connectivity index (χ3n) is 3.19. The smallest absolute Gasteiger partial charge is 0.0914 e. The van der Waals surface area contributed by atoms with Crippen LogP contribution in [-0.2, 0) is 0 Å².